The maximum Gasteiger partial charge on any atom is 0.239 e. The van der Waals surface area contributed by atoms with E-state index in [1.807, 2.05) is 18.0 Å². The van der Waals surface area contributed by atoms with E-state index in [0.717, 1.165) is 25.1 Å². The van der Waals surface area contributed by atoms with Crippen molar-refractivity contribution in [1.29, 1.82) is 0 Å². The van der Waals surface area contributed by atoms with Crippen LogP contribution in [0.5, 0.6) is 0 Å². The Labute approximate surface area is 142 Å². The Bertz CT molecular complexity index is 830. The number of carbonyl (C=O) groups excluding carboxylic acids is 1. The molecule has 1 spiro atoms. The Morgan fingerprint density at radius 3 is 2.62 bits per heavy atom. The lowest BCUT2D eigenvalue weighted by Gasteiger charge is -2.51. The number of fused-ring (bicyclic) bond motifs is 6. The van der Waals surface area contributed by atoms with Gasteiger partial charge in [-0.15, -0.1) is 0 Å². The summed E-state index contributed by atoms with van der Waals surface area (Å²) in [5, 5.41) is 0. The molecule has 0 aliphatic carbocycles. The van der Waals surface area contributed by atoms with E-state index in [0.29, 0.717) is 0 Å². The summed E-state index contributed by atoms with van der Waals surface area (Å²) in [4.78, 5) is 17.9. The summed E-state index contributed by atoms with van der Waals surface area (Å²) in [5.74, 6) is 0.273. The van der Waals surface area contributed by atoms with E-state index in [-0.39, 0.29) is 11.9 Å². The largest absolute Gasteiger partial charge is 0.367 e. The third kappa shape index (κ3) is 1.60. The van der Waals surface area contributed by atoms with Crippen molar-refractivity contribution in [3.8, 4) is 0 Å². The van der Waals surface area contributed by atoms with Crippen molar-refractivity contribution in [2.45, 2.75) is 37.1 Å². The fraction of sp³-hybridized carbons (Fsp3) is 0.381. The minimum atomic E-state index is -0.417. The fourth-order valence-corrected chi connectivity index (χ4v) is 5.25. The van der Waals surface area contributed by atoms with Gasteiger partial charge in [-0.05, 0) is 48.9 Å². The Kier molecular flexibility index (Phi) is 2.85. The lowest BCUT2D eigenvalue weighted by Crippen LogP contribution is -2.61. The van der Waals surface area contributed by atoms with Crippen LogP contribution in [-0.2, 0) is 16.6 Å². The van der Waals surface area contributed by atoms with Crippen LogP contribution in [0.2, 0.25) is 0 Å². The maximum atomic E-state index is 13.5. The SMILES string of the molecule is CN1C(=O)[C@@]2(Cc3ccccc3N3CCCC[C@H]32)c2ccccc21. The van der Waals surface area contributed by atoms with Gasteiger partial charge in [0.15, 0.2) is 0 Å². The molecule has 0 unspecified atom stereocenters. The number of carbonyl (C=O) groups is 1. The van der Waals surface area contributed by atoms with Gasteiger partial charge in [-0.3, -0.25) is 4.79 Å². The van der Waals surface area contributed by atoms with Gasteiger partial charge in [0.05, 0.1) is 0 Å². The monoisotopic (exact) mass is 318 g/mol. The van der Waals surface area contributed by atoms with Crippen molar-refractivity contribution in [3.05, 3.63) is 59.7 Å². The molecule has 2 aromatic carbocycles. The highest BCUT2D eigenvalue weighted by Crippen LogP contribution is 2.53. The molecule has 24 heavy (non-hydrogen) atoms. The highest BCUT2D eigenvalue weighted by molar-refractivity contribution is 6.09. The minimum Gasteiger partial charge on any atom is -0.367 e. The first-order valence-corrected chi connectivity index (χ1v) is 8.96. The topological polar surface area (TPSA) is 23.6 Å². The lowest BCUT2D eigenvalue weighted by molar-refractivity contribution is -0.124. The summed E-state index contributed by atoms with van der Waals surface area (Å²) in [5.41, 5.74) is 4.55. The van der Waals surface area contributed by atoms with Crippen LogP contribution in [-0.4, -0.2) is 25.5 Å². The maximum absolute atomic E-state index is 13.5. The van der Waals surface area contributed by atoms with Gasteiger partial charge in [0.2, 0.25) is 5.91 Å². The average molecular weight is 318 g/mol. The van der Waals surface area contributed by atoms with Gasteiger partial charge < -0.3 is 9.80 Å². The molecular formula is C21H22N2O. The van der Waals surface area contributed by atoms with E-state index in [1.54, 1.807) is 0 Å². The van der Waals surface area contributed by atoms with Gasteiger partial charge >= 0.3 is 0 Å². The highest BCUT2D eigenvalue weighted by Gasteiger charge is 2.58. The zero-order valence-corrected chi connectivity index (χ0v) is 14.0. The van der Waals surface area contributed by atoms with Gasteiger partial charge in [0.1, 0.15) is 5.41 Å². The number of piperidine rings is 1. The van der Waals surface area contributed by atoms with E-state index in [1.165, 1.54) is 29.7 Å². The van der Waals surface area contributed by atoms with Crippen LogP contribution in [0.15, 0.2) is 48.5 Å². The number of nitrogens with zero attached hydrogens (tertiary/aromatic N) is 2. The molecule has 0 radical (unpaired) electrons. The number of benzene rings is 2. The molecule has 3 nitrogen and oxygen atoms in total. The Balaban J connectivity index is 1.78. The molecule has 3 aliphatic rings. The third-order valence-corrected chi connectivity index (χ3v) is 6.27. The predicted octanol–water partition coefficient (Wildman–Crippen LogP) is 3.52. The number of hydrogen-bond donors (Lipinski definition) is 0. The van der Waals surface area contributed by atoms with E-state index in [2.05, 4.69) is 47.4 Å². The molecule has 0 N–H and O–H groups in total. The van der Waals surface area contributed by atoms with Crippen LogP contribution in [0.25, 0.3) is 0 Å². The summed E-state index contributed by atoms with van der Waals surface area (Å²) in [6.45, 7) is 1.06. The Morgan fingerprint density at radius 1 is 1.00 bits per heavy atom. The van der Waals surface area contributed by atoms with E-state index < -0.39 is 5.41 Å². The van der Waals surface area contributed by atoms with Crippen molar-refractivity contribution >= 4 is 17.3 Å². The molecule has 0 aromatic heterocycles. The number of amides is 1. The smallest absolute Gasteiger partial charge is 0.239 e. The van der Waals surface area contributed by atoms with Crippen molar-refractivity contribution in [1.82, 2.24) is 0 Å². The van der Waals surface area contributed by atoms with Crippen molar-refractivity contribution in [2.75, 3.05) is 23.4 Å². The van der Waals surface area contributed by atoms with Gasteiger partial charge in [-0.25, -0.2) is 0 Å². The zero-order chi connectivity index (χ0) is 16.3. The van der Waals surface area contributed by atoms with Crippen LogP contribution in [0.4, 0.5) is 11.4 Å². The highest BCUT2D eigenvalue weighted by atomic mass is 16.2. The first-order valence-electron chi connectivity index (χ1n) is 8.96. The first-order chi connectivity index (χ1) is 11.7. The molecule has 3 aliphatic heterocycles. The third-order valence-electron chi connectivity index (χ3n) is 6.27. The summed E-state index contributed by atoms with van der Waals surface area (Å²) < 4.78 is 0. The number of rotatable bonds is 0. The molecule has 2 atom stereocenters. The molecule has 5 rings (SSSR count). The van der Waals surface area contributed by atoms with Gasteiger partial charge in [0.25, 0.3) is 0 Å². The van der Waals surface area contributed by atoms with E-state index >= 15 is 0 Å². The average Bonchev–Trinajstić information content (AvgIpc) is 2.85. The van der Waals surface area contributed by atoms with E-state index in [9.17, 15) is 4.79 Å². The Hall–Kier alpha value is -2.29. The molecule has 3 heterocycles. The van der Waals surface area contributed by atoms with E-state index in [4.69, 9.17) is 0 Å². The summed E-state index contributed by atoms with van der Waals surface area (Å²) in [7, 11) is 1.93. The second kappa shape index (κ2) is 4.85. The zero-order valence-electron chi connectivity index (χ0n) is 14.0. The summed E-state index contributed by atoms with van der Waals surface area (Å²) in [6.07, 6.45) is 4.35. The van der Waals surface area contributed by atoms with Gasteiger partial charge in [-0.2, -0.15) is 0 Å². The van der Waals surface area contributed by atoms with Crippen LogP contribution in [0, 0.1) is 0 Å². The number of anilines is 2. The predicted molar refractivity (Wildman–Crippen MR) is 96.7 cm³/mol. The number of likely N-dealkylation sites (N-methyl/N-ethyl adjacent to an activating group) is 1. The quantitative estimate of drug-likeness (QED) is 0.742. The second-order valence-corrected chi connectivity index (χ2v) is 7.36. The van der Waals surface area contributed by atoms with Crippen LogP contribution in [0.1, 0.15) is 30.4 Å². The molecule has 3 heteroatoms. The normalized spacial score (nSPS) is 27.9. The molecule has 1 amide bonds. The standard InChI is InChI=1S/C21H22N2O/c1-22-18-11-5-3-9-16(18)21(20(22)24)14-15-8-2-4-10-17(15)23-13-7-6-12-19(21)23/h2-5,8-11,19H,6-7,12-14H2,1H3/t19-,21-/m0/s1. The second-order valence-electron chi connectivity index (χ2n) is 7.36. The Morgan fingerprint density at radius 2 is 1.75 bits per heavy atom. The lowest BCUT2D eigenvalue weighted by atomic mass is 9.65. The molecule has 0 saturated carbocycles. The molecule has 122 valence electrons. The van der Waals surface area contributed by atoms with Crippen molar-refractivity contribution < 1.29 is 4.79 Å². The molecule has 0 bridgehead atoms. The minimum absolute atomic E-state index is 0.273. The van der Waals surface area contributed by atoms with Crippen LogP contribution < -0.4 is 9.80 Å². The number of para-hydroxylation sites is 2. The van der Waals surface area contributed by atoms with Gasteiger partial charge in [0, 0.05) is 31.0 Å². The molecule has 2 aromatic rings. The van der Waals surface area contributed by atoms with Crippen molar-refractivity contribution in [3.63, 3.8) is 0 Å². The number of hydrogen-bond acceptors (Lipinski definition) is 2. The molecular weight excluding hydrogens is 296 g/mol. The summed E-state index contributed by atoms with van der Waals surface area (Å²) in [6, 6.07) is 17.3. The molecule has 1 saturated heterocycles. The van der Waals surface area contributed by atoms with Crippen LogP contribution in [0.3, 0.4) is 0 Å². The molecule has 1 fully saturated rings. The van der Waals surface area contributed by atoms with Gasteiger partial charge in [-0.1, -0.05) is 36.4 Å². The van der Waals surface area contributed by atoms with Crippen molar-refractivity contribution in [2.24, 2.45) is 0 Å². The van der Waals surface area contributed by atoms with Crippen LogP contribution >= 0.6 is 0 Å². The fourth-order valence-electron chi connectivity index (χ4n) is 5.25. The summed E-state index contributed by atoms with van der Waals surface area (Å²) >= 11 is 0. The first kappa shape index (κ1) is 14.1.